The highest BCUT2D eigenvalue weighted by Crippen LogP contribution is 2.29. The van der Waals surface area contributed by atoms with Gasteiger partial charge in [-0.1, -0.05) is 11.6 Å². The molecule has 1 heterocycles. The number of alkyl halides is 3. The molecule has 0 aromatic carbocycles. The highest BCUT2D eigenvalue weighted by Gasteiger charge is 2.49. The quantitative estimate of drug-likeness (QED) is 0.445. The Balaban J connectivity index is 3.07. The zero-order valence-corrected chi connectivity index (χ0v) is 10.9. The molecule has 0 aliphatic heterocycles. The van der Waals surface area contributed by atoms with Crippen LogP contribution < -0.4 is 4.18 Å². The molecule has 0 bridgehead atoms. The van der Waals surface area contributed by atoms with Crippen molar-refractivity contribution in [1.82, 2.24) is 4.98 Å². The molecule has 0 saturated heterocycles. The third-order valence-electron chi connectivity index (χ3n) is 1.25. The average molecular weight is 388 g/mol. The minimum Gasteiger partial charge on any atom is -0.354 e. The van der Waals surface area contributed by atoms with Gasteiger partial charge in [-0.25, -0.2) is 4.98 Å². The fourth-order valence-corrected chi connectivity index (χ4v) is 2.13. The van der Waals surface area contributed by atoms with E-state index in [9.17, 15) is 21.6 Å². The molecule has 0 radical (unpaired) electrons. The van der Waals surface area contributed by atoms with Crippen LogP contribution in [0.1, 0.15) is 0 Å². The molecule has 0 atom stereocenters. The monoisotopic (exact) mass is 387 g/mol. The first-order chi connectivity index (χ1) is 7.13. The molecular weight excluding hydrogens is 385 g/mol. The van der Waals surface area contributed by atoms with E-state index in [1.165, 1.54) is 6.07 Å². The molecule has 0 N–H and O–H groups in total. The fraction of sp³-hybridized carbons (Fsp3) is 0.167. The third-order valence-corrected chi connectivity index (χ3v) is 3.17. The Morgan fingerprint density at radius 3 is 2.44 bits per heavy atom. The Bertz CT molecular complexity index is 504. The van der Waals surface area contributed by atoms with Crippen molar-refractivity contribution in [2.24, 2.45) is 0 Å². The predicted molar refractivity (Wildman–Crippen MR) is 57.6 cm³/mol. The van der Waals surface area contributed by atoms with Gasteiger partial charge in [0.2, 0.25) is 5.88 Å². The first-order valence-electron chi connectivity index (χ1n) is 3.45. The maximum absolute atomic E-state index is 12.0. The molecule has 1 aromatic heterocycles. The highest BCUT2D eigenvalue weighted by atomic mass is 127. The Hall–Kier alpha value is -0.290. The largest absolute Gasteiger partial charge is 0.534 e. The van der Waals surface area contributed by atoms with E-state index in [0.29, 0.717) is 0 Å². The second-order valence-corrected chi connectivity index (χ2v) is 5.56. The lowest BCUT2D eigenvalue weighted by atomic mass is 10.5. The van der Waals surface area contributed by atoms with Gasteiger partial charge in [0.1, 0.15) is 0 Å². The van der Waals surface area contributed by atoms with Gasteiger partial charge in [-0.2, -0.15) is 21.6 Å². The molecule has 16 heavy (non-hydrogen) atoms. The van der Waals surface area contributed by atoms with Crippen molar-refractivity contribution < 1.29 is 25.8 Å². The Morgan fingerprint density at radius 1 is 1.44 bits per heavy atom. The van der Waals surface area contributed by atoms with Crippen molar-refractivity contribution >= 4 is 44.3 Å². The van der Waals surface area contributed by atoms with Gasteiger partial charge in [0.15, 0.2) is 0 Å². The Kier molecular flexibility index (Phi) is 3.90. The fourth-order valence-electron chi connectivity index (χ4n) is 0.615. The Morgan fingerprint density at radius 2 is 2.00 bits per heavy atom. The van der Waals surface area contributed by atoms with Gasteiger partial charge in [-0.15, -0.1) is 0 Å². The summed E-state index contributed by atoms with van der Waals surface area (Å²) in [6.07, 6.45) is 0.977. The van der Waals surface area contributed by atoms with Crippen LogP contribution in [0.3, 0.4) is 0 Å². The summed E-state index contributed by atoms with van der Waals surface area (Å²) in [6, 6.07) is 1.22. The van der Waals surface area contributed by atoms with Gasteiger partial charge in [0.05, 0.1) is 8.59 Å². The lowest BCUT2D eigenvalue weighted by molar-refractivity contribution is -0.0501. The zero-order chi connectivity index (χ0) is 12.6. The number of nitrogens with zero attached hydrogens (tertiary/aromatic N) is 1. The number of rotatable bonds is 2. The lowest BCUT2D eigenvalue weighted by Crippen LogP contribution is -2.28. The van der Waals surface area contributed by atoms with Crippen LogP contribution >= 0.6 is 34.2 Å². The SMILES string of the molecule is O=S(=O)(Oc1ncc(Cl)cc1I)C(F)(F)F. The standard InChI is InChI=1S/C6H2ClF3INO3S/c7-3-1-4(11)5(12-2-3)15-16(13,14)6(8,9)10/h1-2H. The molecule has 0 unspecified atom stereocenters. The first-order valence-corrected chi connectivity index (χ1v) is 6.32. The summed E-state index contributed by atoms with van der Waals surface area (Å²) in [5.74, 6) is -0.665. The van der Waals surface area contributed by atoms with E-state index in [2.05, 4.69) is 9.17 Å². The van der Waals surface area contributed by atoms with Gasteiger partial charge < -0.3 is 4.18 Å². The van der Waals surface area contributed by atoms with Crippen LogP contribution in [0.25, 0.3) is 0 Å². The van der Waals surface area contributed by atoms with Gasteiger partial charge in [-0.3, -0.25) is 0 Å². The molecule has 1 aromatic rings. The first kappa shape index (κ1) is 13.8. The van der Waals surface area contributed by atoms with E-state index in [4.69, 9.17) is 11.6 Å². The van der Waals surface area contributed by atoms with Crippen LogP contribution in [0.15, 0.2) is 12.3 Å². The minimum absolute atomic E-state index is 0.0536. The molecule has 0 saturated carbocycles. The molecule has 90 valence electrons. The molecule has 4 nitrogen and oxygen atoms in total. The van der Waals surface area contributed by atoms with E-state index in [0.717, 1.165) is 6.20 Å². The number of pyridine rings is 1. The van der Waals surface area contributed by atoms with Crippen LogP contribution in [-0.4, -0.2) is 18.9 Å². The summed E-state index contributed by atoms with van der Waals surface area (Å²) >= 11 is 7.03. The molecule has 0 aliphatic carbocycles. The van der Waals surface area contributed by atoms with Crippen molar-refractivity contribution in [2.45, 2.75) is 5.51 Å². The topological polar surface area (TPSA) is 56.3 Å². The van der Waals surface area contributed by atoms with Gasteiger partial charge in [-0.05, 0) is 28.7 Å². The van der Waals surface area contributed by atoms with Crippen LogP contribution in [0, 0.1) is 3.57 Å². The second-order valence-electron chi connectivity index (χ2n) is 2.42. The predicted octanol–water partition coefficient (Wildman–Crippen LogP) is 2.57. The smallest absolute Gasteiger partial charge is 0.354 e. The van der Waals surface area contributed by atoms with Crippen molar-refractivity contribution in [3.63, 3.8) is 0 Å². The number of hydrogen-bond donors (Lipinski definition) is 0. The molecule has 0 aliphatic rings. The minimum atomic E-state index is -5.70. The molecular formula is C6H2ClF3INO3S. The molecule has 0 amide bonds. The third kappa shape index (κ3) is 3.10. The van der Waals surface area contributed by atoms with E-state index < -0.39 is 21.5 Å². The maximum atomic E-state index is 12.0. The number of aromatic nitrogens is 1. The van der Waals surface area contributed by atoms with Crippen LogP contribution in [0.2, 0.25) is 5.02 Å². The van der Waals surface area contributed by atoms with Gasteiger partial charge in [0.25, 0.3) is 0 Å². The Labute approximate surface area is 107 Å². The average Bonchev–Trinajstić information content (AvgIpc) is 2.08. The molecule has 0 fully saturated rings. The van der Waals surface area contributed by atoms with E-state index in [1.807, 2.05) is 0 Å². The summed E-state index contributed by atoms with van der Waals surface area (Å²) in [6.45, 7) is 0. The van der Waals surface area contributed by atoms with E-state index in [-0.39, 0.29) is 8.59 Å². The van der Waals surface area contributed by atoms with Gasteiger partial charge >= 0.3 is 15.6 Å². The van der Waals surface area contributed by atoms with Crippen LogP contribution in [0.5, 0.6) is 5.88 Å². The molecule has 0 spiro atoms. The van der Waals surface area contributed by atoms with E-state index >= 15 is 0 Å². The summed E-state index contributed by atoms with van der Waals surface area (Å²) < 4.78 is 61.0. The lowest BCUT2D eigenvalue weighted by Gasteiger charge is -2.09. The van der Waals surface area contributed by atoms with Crippen molar-refractivity contribution in [1.29, 1.82) is 0 Å². The summed E-state index contributed by atoms with van der Waals surface area (Å²) in [5, 5.41) is 0.154. The summed E-state index contributed by atoms with van der Waals surface area (Å²) in [7, 11) is -5.70. The van der Waals surface area contributed by atoms with Crippen LogP contribution in [0.4, 0.5) is 13.2 Å². The van der Waals surface area contributed by atoms with Crippen molar-refractivity contribution in [2.75, 3.05) is 0 Å². The summed E-state index contributed by atoms with van der Waals surface area (Å²) in [5.41, 5.74) is -5.49. The van der Waals surface area contributed by atoms with Gasteiger partial charge in [0, 0.05) is 6.20 Å². The molecule has 10 heteroatoms. The number of halogens is 5. The molecule has 1 rings (SSSR count). The van der Waals surface area contributed by atoms with E-state index in [1.54, 1.807) is 22.6 Å². The second kappa shape index (κ2) is 4.53. The maximum Gasteiger partial charge on any atom is 0.534 e. The highest BCUT2D eigenvalue weighted by molar-refractivity contribution is 14.1. The normalized spacial score (nSPS) is 12.6. The van der Waals surface area contributed by atoms with Crippen LogP contribution in [-0.2, 0) is 10.1 Å². The zero-order valence-electron chi connectivity index (χ0n) is 7.12. The summed E-state index contributed by atoms with van der Waals surface area (Å²) in [4.78, 5) is 3.34. The van der Waals surface area contributed by atoms with Crippen molar-refractivity contribution in [3.8, 4) is 5.88 Å². The number of hydrogen-bond acceptors (Lipinski definition) is 4. The van der Waals surface area contributed by atoms with Crippen molar-refractivity contribution in [3.05, 3.63) is 20.9 Å².